The summed E-state index contributed by atoms with van der Waals surface area (Å²) in [6.45, 7) is 2.16. The van der Waals surface area contributed by atoms with E-state index in [2.05, 4.69) is 9.71 Å². The molecule has 0 bridgehead atoms. The molecule has 3 N–H and O–H groups in total. The molecule has 1 atom stereocenters. The Morgan fingerprint density at radius 3 is 2.89 bits per heavy atom. The number of rotatable bonds is 6. The van der Waals surface area contributed by atoms with E-state index in [0.29, 0.717) is 6.42 Å². The van der Waals surface area contributed by atoms with Crippen LogP contribution in [0.5, 0.6) is 0 Å². The van der Waals surface area contributed by atoms with Crippen molar-refractivity contribution in [3.8, 4) is 6.07 Å². The normalized spacial score (nSPS) is 12.9. The average Bonchev–Trinajstić information content (AvgIpc) is 2.38. The summed E-state index contributed by atoms with van der Waals surface area (Å²) in [6.07, 6.45) is 2.85. The van der Waals surface area contributed by atoms with Crippen molar-refractivity contribution in [1.82, 2.24) is 9.71 Å². The molecular formula is C11H16N4O2S. The van der Waals surface area contributed by atoms with Gasteiger partial charge in [0.2, 0.25) is 10.0 Å². The smallest absolute Gasteiger partial charge is 0.243 e. The first-order valence-electron chi connectivity index (χ1n) is 5.62. The van der Waals surface area contributed by atoms with Crippen LogP contribution in [-0.2, 0) is 10.0 Å². The van der Waals surface area contributed by atoms with Gasteiger partial charge in [0.25, 0.3) is 0 Å². The largest absolute Gasteiger partial charge is 0.329 e. The quantitative estimate of drug-likeness (QED) is 0.774. The minimum absolute atomic E-state index is 0.109. The maximum atomic E-state index is 12.1. The first-order valence-corrected chi connectivity index (χ1v) is 7.11. The minimum Gasteiger partial charge on any atom is -0.329 e. The molecule has 0 aliphatic carbocycles. The van der Waals surface area contributed by atoms with Gasteiger partial charge in [-0.25, -0.2) is 18.1 Å². The van der Waals surface area contributed by atoms with Crippen molar-refractivity contribution in [2.45, 2.75) is 30.7 Å². The predicted molar refractivity (Wildman–Crippen MR) is 67.0 cm³/mol. The summed E-state index contributed by atoms with van der Waals surface area (Å²) in [5, 5.41) is 8.85. The van der Waals surface area contributed by atoms with E-state index in [1.165, 1.54) is 18.3 Å². The van der Waals surface area contributed by atoms with Crippen LogP contribution >= 0.6 is 0 Å². The van der Waals surface area contributed by atoms with Crippen molar-refractivity contribution < 1.29 is 8.42 Å². The molecule has 6 nitrogen and oxygen atoms in total. The molecule has 1 heterocycles. The molecule has 18 heavy (non-hydrogen) atoms. The Bertz CT molecular complexity index is 536. The molecule has 0 aliphatic rings. The monoisotopic (exact) mass is 268 g/mol. The number of aromatic nitrogens is 1. The molecule has 0 amide bonds. The van der Waals surface area contributed by atoms with Gasteiger partial charge in [0.05, 0.1) is 0 Å². The van der Waals surface area contributed by atoms with Crippen molar-refractivity contribution in [1.29, 1.82) is 5.26 Å². The first-order chi connectivity index (χ1) is 8.55. The van der Waals surface area contributed by atoms with Gasteiger partial charge < -0.3 is 5.73 Å². The first kappa shape index (κ1) is 14.6. The number of sulfonamides is 1. The zero-order valence-corrected chi connectivity index (χ0v) is 10.9. The van der Waals surface area contributed by atoms with E-state index in [9.17, 15) is 8.42 Å². The highest BCUT2D eigenvalue weighted by Gasteiger charge is 2.22. The number of hydrogen-bond donors (Lipinski definition) is 2. The molecule has 0 saturated heterocycles. The van der Waals surface area contributed by atoms with E-state index in [-0.39, 0.29) is 23.2 Å². The molecule has 0 radical (unpaired) electrons. The van der Waals surface area contributed by atoms with Gasteiger partial charge in [-0.1, -0.05) is 13.3 Å². The molecular weight excluding hydrogens is 252 g/mol. The minimum atomic E-state index is -3.75. The fourth-order valence-corrected chi connectivity index (χ4v) is 2.94. The van der Waals surface area contributed by atoms with Crippen LogP contribution in [0.2, 0.25) is 0 Å². The van der Waals surface area contributed by atoms with Crippen molar-refractivity contribution in [2.75, 3.05) is 6.54 Å². The van der Waals surface area contributed by atoms with Gasteiger partial charge in [-0.15, -0.1) is 0 Å². The maximum Gasteiger partial charge on any atom is 0.243 e. The lowest BCUT2D eigenvalue weighted by atomic mass is 10.2. The van der Waals surface area contributed by atoms with Crippen LogP contribution in [0, 0.1) is 11.3 Å². The van der Waals surface area contributed by atoms with Crippen LogP contribution in [0.25, 0.3) is 0 Å². The topological polar surface area (TPSA) is 109 Å². The highest BCUT2D eigenvalue weighted by molar-refractivity contribution is 7.89. The van der Waals surface area contributed by atoms with E-state index in [1.54, 1.807) is 6.07 Å². The van der Waals surface area contributed by atoms with Crippen LogP contribution < -0.4 is 10.5 Å². The highest BCUT2D eigenvalue weighted by atomic mass is 32.2. The Kier molecular flexibility index (Phi) is 5.22. The molecule has 0 spiro atoms. The Morgan fingerprint density at radius 2 is 2.33 bits per heavy atom. The zero-order valence-electron chi connectivity index (χ0n) is 10.1. The second kappa shape index (κ2) is 6.44. The van der Waals surface area contributed by atoms with E-state index in [1.807, 2.05) is 6.92 Å². The summed E-state index contributed by atoms with van der Waals surface area (Å²) in [4.78, 5) is 3.62. The van der Waals surface area contributed by atoms with Crippen LogP contribution in [-0.4, -0.2) is 26.0 Å². The predicted octanol–water partition coefficient (Wildman–Crippen LogP) is 0.359. The third-order valence-electron chi connectivity index (χ3n) is 2.41. The lowest BCUT2D eigenvalue weighted by Crippen LogP contribution is -2.40. The maximum absolute atomic E-state index is 12.1. The van der Waals surface area contributed by atoms with Gasteiger partial charge in [-0.2, -0.15) is 5.26 Å². The van der Waals surface area contributed by atoms with E-state index < -0.39 is 10.0 Å². The van der Waals surface area contributed by atoms with Gasteiger partial charge in [0, 0.05) is 18.8 Å². The van der Waals surface area contributed by atoms with Crippen LogP contribution in [0.15, 0.2) is 23.2 Å². The highest BCUT2D eigenvalue weighted by Crippen LogP contribution is 2.13. The molecule has 7 heteroatoms. The number of nitrogens with one attached hydrogen (secondary N) is 1. The lowest BCUT2D eigenvalue weighted by molar-refractivity contribution is 0.526. The molecule has 0 saturated carbocycles. The molecule has 1 rings (SSSR count). The molecule has 0 aliphatic heterocycles. The number of hydrogen-bond acceptors (Lipinski definition) is 5. The van der Waals surface area contributed by atoms with Crippen molar-refractivity contribution in [2.24, 2.45) is 5.73 Å². The van der Waals surface area contributed by atoms with Gasteiger partial charge in [0.15, 0.2) is 5.69 Å². The number of nitrogens with two attached hydrogens (primary N) is 1. The second-order valence-corrected chi connectivity index (χ2v) is 5.49. The molecule has 98 valence electrons. The van der Waals surface area contributed by atoms with Crippen LogP contribution in [0.4, 0.5) is 0 Å². The van der Waals surface area contributed by atoms with Gasteiger partial charge in [0.1, 0.15) is 11.0 Å². The summed E-state index contributed by atoms with van der Waals surface area (Å²) in [5.41, 5.74) is 5.39. The Hall–Kier alpha value is -1.49. The number of nitrogens with zero attached hydrogens (tertiary/aromatic N) is 2. The van der Waals surface area contributed by atoms with Crippen LogP contribution in [0.3, 0.4) is 0 Å². The third-order valence-corrected chi connectivity index (χ3v) is 3.96. The molecule has 0 aromatic carbocycles. The average molecular weight is 268 g/mol. The third kappa shape index (κ3) is 3.50. The van der Waals surface area contributed by atoms with Gasteiger partial charge in [-0.05, 0) is 18.6 Å². The lowest BCUT2D eigenvalue weighted by Gasteiger charge is -2.16. The summed E-state index contributed by atoms with van der Waals surface area (Å²) in [7, 11) is -3.75. The van der Waals surface area contributed by atoms with Crippen molar-refractivity contribution >= 4 is 10.0 Å². The fourth-order valence-electron chi connectivity index (χ4n) is 1.55. The Balaban J connectivity index is 3.03. The zero-order chi connectivity index (χ0) is 13.6. The standard InChI is InChI=1S/C11H16N4O2S/c1-2-4-9(7-12)15-18(16,17)11-5-3-6-14-10(11)8-13/h3,5-6,9,15H,2,4,7,12H2,1H3. The van der Waals surface area contributed by atoms with Crippen molar-refractivity contribution in [3.05, 3.63) is 24.0 Å². The molecule has 0 fully saturated rings. The van der Waals surface area contributed by atoms with E-state index >= 15 is 0 Å². The summed E-state index contributed by atoms with van der Waals surface area (Å²) in [6, 6.07) is 4.27. The number of nitriles is 1. The molecule has 1 unspecified atom stereocenters. The van der Waals surface area contributed by atoms with Crippen LogP contribution in [0.1, 0.15) is 25.5 Å². The Labute approximate surface area is 107 Å². The second-order valence-electron chi connectivity index (χ2n) is 3.80. The van der Waals surface area contributed by atoms with Gasteiger partial charge >= 0.3 is 0 Å². The Morgan fingerprint density at radius 1 is 1.61 bits per heavy atom. The SMILES string of the molecule is CCCC(CN)NS(=O)(=O)c1cccnc1C#N. The van der Waals surface area contributed by atoms with E-state index in [4.69, 9.17) is 11.0 Å². The van der Waals surface area contributed by atoms with E-state index in [0.717, 1.165) is 6.42 Å². The summed E-state index contributed by atoms with van der Waals surface area (Å²) < 4.78 is 26.7. The fraction of sp³-hybridized carbons (Fsp3) is 0.455. The summed E-state index contributed by atoms with van der Waals surface area (Å²) in [5.74, 6) is 0. The molecule has 1 aromatic heterocycles. The van der Waals surface area contributed by atoms with Crippen molar-refractivity contribution in [3.63, 3.8) is 0 Å². The number of pyridine rings is 1. The summed E-state index contributed by atoms with van der Waals surface area (Å²) >= 11 is 0. The van der Waals surface area contributed by atoms with Gasteiger partial charge in [-0.3, -0.25) is 0 Å². The molecule has 1 aromatic rings.